The third-order valence-electron chi connectivity index (χ3n) is 2.93. The van der Waals surface area contributed by atoms with Crippen LogP contribution in [0.3, 0.4) is 0 Å². The van der Waals surface area contributed by atoms with E-state index in [0.717, 1.165) is 22.6 Å². The molecule has 3 nitrogen and oxygen atoms in total. The lowest BCUT2D eigenvalue weighted by molar-refractivity contribution is 0.355. The summed E-state index contributed by atoms with van der Waals surface area (Å²) in [5.74, 6) is 1.42. The molecule has 0 saturated carbocycles. The van der Waals surface area contributed by atoms with Gasteiger partial charge in [0.05, 0.1) is 19.9 Å². The molecule has 0 radical (unpaired) electrons. The Labute approximate surface area is 113 Å². The van der Waals surface area contributed by atoms with Crippen LogP contribution in [0.1, 0.15) is 11.1 Å². The zero-order valence-electron chi connectivity index (χ0n) is 11.4. The molecular weight excluding hydrogens is 238 g/mol. The Morgan fingerprint density at radius 3 is 2.11 bits per heavy atom. The molecule has 0 N–H and O–H groups in total. The topological polar surface area (TPSA) is 30.8 Å². The number of nitrogens with zero attached hydrogens (tertiary/aromatic N) is 1. The van der Waals surface area contributed by atoms with Gasteiger partial charge < -0.3 is 9.47 Å². The maximum atomic E-state index is 5.33. The summed E-state index contributed by atoms with van der Waals surface area (Å²) in [5, 5.41) is 0. The predicted octanol–water partition coefficient (Wildman–Crippen LogP) is 3.17. The summed E-state index contributed by atoms with van der Waals surface area (Å²) in [4.78, 5) is 4.38. The Morgan fingerprint density at radius 1 is 0.842 bits per heavy atom. The van der Waals surface area contributed by atoms with E-state index >= 15 is 0 Å². The third-order valence-corrected chi connectivity index (χ3v) is 2.93. The van der Waals surface area contributed by atoms with E-state index in [1.165, 1.54) is 0 Å². The standard InChI is InChI=1S/C16H17NO2/c1-17-16(12-7-5-4-6-8-12)13-9-10-14(18-2)15(11-13)19-3/h4-11H,1-3H3/b17-16+. The fourth-order valence-electron chi connectivity index (χ4n) is 2.00. The second kappa shape index (κ2) is 6.05. The quantitative estimate of drug-likeness (QED) is 0.786. The second-order valence-electron chi connectivity index (χ2n) is 4.01. The highest BCUT2D eigenvalue weighted by atomic mass is 16.5. The van der Waals surface area contributed by atoms with Crippen molar-refractivity contribution in [2.24, 2.45) is 4.99 Å². The van der Waals surface area contributed by atoms with Crippen LogP contribution in [0, 0.1) is 0 Å². The first-order valence-electron chi connectivity index (χ1n) is 6.04. The van der Waals surface area contributed by atoms with E-state index in [9.17, 15) is 0 Å². The van der Waals surface area contributed by atoms with Gasteiger partial charge in [0, 0.05) is 18.2 Å². The molecule has 2 rings (SSSR count). The van der Waals surface area contributed by atoms with Gasteiger partial charge in [0.15, 0.2) is 11.5 Å². The molecule has 0 aromatic heterocycles. The Bertz CT molecular complexity index is 577. The summed E-state index contributed by atoms with van der Waals surface area (Å²) >= 11 is 0. The third kappa shape index (κ3) is 2.76. The van der Waals surface area contributed by atoms with Crippen molar-refractivity contribution in [1.82, 2.24) is 0 Å². The summed E-state index contributed by atoms with van der Waals surface area (Å²) in [5.41, 5.74) is 3.02. The number of benzene rings is 2. The van der Waals surface area contributed by atoms with E-state index in [-0.39, 0.29) is 0 Å². The van der Waals surface area contributed by atoms with Gasteiger partial charge in [-0.25, -0.2) is 0 Å². The number of hydrogen-bond acceptors (Lipinski definition) is 3. The normalized spacial score (nSPS) is 11.2. The number of hydrogen-bond donors (Lipinski definition) is 0. The van der Waals surface area contributed by atoms with Gasteiger partial charge in [-0.05, 0) is 18.2 Å². The van der Waals surface area contributed by atoms with Crippen molar-refractivity contribution in [3.8, 4) is 11.5 Å². The molecule has 98 valence electrons. The average Bonchev–Trinajstić information content (AvgIpc) is 2.49. The largest absolute Gasteiger partial charge is 0.493 e. The van der Waals surface area contributed by atoms with Crippen molar-refractivity contribution in [3.63, 3.8) is 0 Å². The maximum Gasteiger partial charge on any atom is 0.161 e. The number of rotatable bonds is 4. The first kappa shape index (κ1) is 13.1. The summed E-state index contributed by atoms with van der Waals surface area (Å²) in [6.07, 6.45) is 0. The average molecular weight is 255 g/mol. The minimum Gasteiger partial charge on any atom is -0.493 e. The molecule has 0 bridgehead atoms. The molecule has 0 saturated heterocycles. The van der Waals surface area contributed by atoms with E-state index in [0.29, 0.717) is 5.75 Å². The van der Waals surface area contributed by atoms with Gasteiger partial charge in [-0.2, -0.15) is 0 Å². The smallest absolute Gasteiger partial charge is 0.161 e. The molecule has 19 heavy (non-hydrogen) atoms. The van der Waals surface area contributed by atoms with Gasteiger partial charge in [-0.3, -0.25) is 4.99 Å². The Kier molecular flexibility index (Phi) is 4.18. The molecule has 0 spiro atoms. The molecular formula is C16H17NO2. The van der Waals surface area contributed by atoms with E-state index < -0.39 is 0 Å². The van der Waals surface area contributed by atoms with Crippen LogP contribution < -0.4 is 9.47 Å². The number of ether oxygens (including phenoxy) is 2. The summed E-state index contributed by atoms with van der Waals surface area (Å²) < 4.78 is 10.6. The summed E-state index contributed by atoms with van der Waals surface area (Å²) in [6.45, 7) is 0. The van der Waals surface area contributed by atoms with Crippen molar-refractivity contribution in [3.05, 3.63) is 59.7 Å². The summed E-state index contributed by atoms with van der Waals surface area (Å²) in [7, 11) is 5.05. The minimum absolute atomic E-state index is 0.706. The highest BCUT2D eigenvalue weighted by Crippen LogP contribution is 2.28. The van der Waals surface area contributed by atoms with E-state index in [1.807, 2.05) is 48.5 Å². The molecule has 0 unspecified atom stereocenters. The van der Waals surface area contributed by atoms with Gasteiger partial charge in [-0.15, -0.1) is 0 Å². The molecule has 2 aromatic rings. The molecule has 0 atom stereocenters. The lowest BCUT2D eigenvalue weighted by Crippen LogP contribution is -2.04. The second-order valence-corrected chi connectivity index (χ2v) is 4.01. The van der Waals surface area contributed by atoms with Crippen LogP contribution >= 0.6 is 0 Å². The highest BCUT2D eigenvalue weighted by molar-refractivity contribution is 6.13. The lowest BCUT2D eigenvalue weighted by atomic mass is 10.0. The van der Waals surface area contributed by atoms with Crippen molar-refractivity contribution >= 4 is 5.71 Å². The Hall–Kier alpha value is -2.29. The number of methoxy groups -OCH3 is 2. The molecule has 0 fully saturated rings. The molecule has 0 heterocycles. The van der Waals surface area contributed by atoms with Crippen LogP contribution in [0.2, 0.25) is 0 Å². The fraction of sp³-hybridized carbons (Fsp3) is 0.188. The van der Waals surface area contributed by atoms with Crippen molar-refractivity contribution in [1.29, 1.82) is 0 Å². The molecule has 2 aromatic carbocycles. The SMILES string of the molecule is C/N=C(\c1ccccc1)c1ccc(OC)c(OC)c1. The van der Waals surface area contributed by atoms with Crippen LogP contribution in [0.25, 0.3) is 0 Å². The number of aliphatic imine (C=N–C) groups is 1. The Balaban J connectivity index is 2.46. The molecule has 0 aliphatic rings. The molecule has 0 aliphatic carbocycles. The highest BCUT2D eigenvalue weighted by Gasteiger charge is 2.10. The van der Waals surface area contributed by atoms with Crippen molar-refractivity contribution in [2.75, 3.05) is 21.3 Å². The first-order chi connectivity index (χ1) is 9.30. The maximum absolute atomic E-state index is 5.33. The van der Waals surface area contributed by atoms with Gasteiger partial charge in [0.25, 0.3) is 0 Å². The molecule has 0 amide bonds. The van der Waals surface area contributed by atoms with E-state index in [2.05, 4.69) is 4.99 Å². The molecule has 3 heteroatoms. The van der Waals surface area contributed by atoms with Crippen LogP contribution in [-0.2, 0) is 0 Å². The lowest BCUT2D eigenvalue weighted by Gasteiger charge is -2.11. The van der Waals surface area contributed by atoms with Gasteiger partial charge >= 0.3 is 0 Å². The van der Waals surface area contributed by atoms with Crippen LogP contribution in [0.15, 0.2) is 53.5 Å². The van der Waals surface area contributed by atoms with Crippen molar-refractivity contribution in [2.45, 2.75) is 0 Å². The van der Waals surface area contributed by atoms with Crippen molar-refractivity contribution < 1.29 is 9.47 Å². The van der Waals surface area contributed by atoms with Gasteiger partial charge in [-0.1, -0.05) is 30.3 Å². The van der Waals surface area contributed by atoms with E-state index in [4.69, 9.17) is 9.47 Å². The predicted molar refractivity (Wildman–Crippen MR) is 77.6 cm³/mol. The Morgan fingerprint density at radius 2 is 1.53 bits per heavy atom. The van der Waals surface area contributed by atoms with Gasteiger partial charge in [0.2, 0.25) is 0 Å². The fourth-order valence-corrected chi connectivity index (χ4v) is 2.00. The molecule has 0 aliphatic heterocycles. The van der Waals surface area contributed by atoms with Crippen LogP contribution in [0.4, 0.5) is 0 Å². The monoisotopic (exact) mass is 255 g/mol. The minimum atomic E-state index is 0.706. The summed E-state index contributed by atoms with van der Waals surface area (Å²) in [6, 6.07) is 15.9. The zero-order chi connectivity index (χ0) is 13.7. The van der Waals surface area contributed by atoms with E-state index in [1.54, 1.807) is 21.3 Å². The van der Waals surface area contributed by atoms with Crippen LogP contribution in [-0.4, -0.2) is 27.0 Å². The zero-order valence-corrected chi connectivity index (χ0v) is 11.4. The van der Waals surface area contributed by atoms with Crippen LogP contribution in [0.5, 0.6) is 11.5 Å². The van der Waals surface area contributed by atoms with Gasteiger partial charge in [0.1, 0.15) is 0 Å². The first-order valence-corrected chi connectivity index (χ1v) is 6.04.